The third-order valence-corrected chi connectivity index (χ3v) is 4.47. The number of rotatable bonds is 10. The van der Waals surface area contributed by atoms with Gasteiger partial charge in [0.2, 0.25) is 0 Å². The van der Waals surface area contributed by atoms with Crippen molar-refractivity contribution >= 4 is 0 Å². The van der Waals surface area contributed by atoms with Crippen LogP contribution in [-0.2, 0) is 0 Å². The molecule has 1 rings (SSSR count). The molecule has 1 aromatic carbocycles. The van der Waals surface area contributed by atoms with E-state index in [9.17, 15) is 0 Å². The van der Waals surface area contributed by atoms with Gasteiger partial charge in [-0.1, -0.05) is 77.1 Å². The number of benzene rings is 1. The van der Waals surface area contributed by atoms with Crippen LogP contribution < -0.4 is 5.32 Å². The van der Waals surface area contributed by atoms with Crippen LogP contribution in [0.5, 0.6) is 0 Å². The first-order chi connectivity index (χ1) is 9.72. The summed E-state index contributed by atoms with van der Waals surface area (Å²) in [4.78, 5) is 0. The summed E-state index contributed by atoms with van der Waals surface area (Å²) in [6.45, 7) is 6.83. The maximum Gasteiger partial charge on any atom is 0.0317 e. The Labute approximate surface area is 126 Å². The van der Waals surface area contributed by atoms with Crippen LogP contribution >= 0.6 is 0 Å². The second-order valence-electron chi connectivity index (χ2n) is 6.02. The van der Waals surface area contributed by atoms with Gasteiger partial charge in [0.15, 0.2) is 0 Å². The molecule has 114 valence electrons. The first kappa shape index (κ1) is 17.2. The zero-order valence-electron chi connectivity index (χ0n) is 13.9. The van der Waals surface area contributed by atoms with Crippen LogP contribution in [0.1, 0.15) is 88.8 Å². The molecule has 0 bridgehead atoms. The minimum atomic E-state index is 0.516. The maximum absolute atomic E-state index is 3.47. The van der Waals surface area contributed by atoms with Crippen LogP contribution in [0, 0.1) is 0 Å². The zero-order valence-corrected chi connectivity index (χ0v) is 13.9. The van der Waals surface area contributed by atoms with Gasteiger partial charge in [-0.15, -0.1) is 0 Å². The number of hydrogen-bond donors (Lipinski definition) is 1. The van der Waals surface area contributed by atoms with Crippen molar-refractivity contribution < 1.29 is 0 Å². The first-order valence-electron chi connectivity index (χ1n) is 8.50. The molecule has 0 aromatic heterocycles. The highest BCUT2D eigenvalue weighted by molar-refractivity contribution is 5.27. The summed E-state index contributed by atoms with van der Waals surface area (Å²) >= 11 is 0. The van der Waals surface area contributed by atoms with E-state index >= 15 is 0 Å². The standard InChI is InChI=1S/C19H33N/c1-5-7-8-9-10-11-19(20-4)18-14-12-17(13-15-18)16(3)6-2/h12-16,19-20H,5-11H2,1-4H3. The maximum atomic E-state index is 3.47. The van der Waals surface area contributed by atoms with Gasteiger partial charge in [-0.25, -0.2) is 0 Å². The third-order valence-electron chi connectivity index (χ3n) is 4.47. The highest BCUT2D eigenvalue weighted by Gasteiger charge is 2.09. The fourth-order valence-corrected chi connectivity index (χ4v) is 2.72. The number of hydrogen-bond acceptors (Lipinski definition) is 1. The first-order valence-corrected chi connectivity index (χ1v) is 8.50. The van der Waals surface area contributed by atoms with Crippen LogP contribution in [0.25, 0.3) is 0 Å². The quantitative estimate of drug-likeness (QED) is 0.530. The topological polar surface area (TPSA) is 12.0 Å². The molecule has 0 saturated carbocycles. The van der Waals surface area contributed by atoms with Gasteiger partial charge < -0.3 is 5.32 Å². The SMILES string of the molecule is CCCCCCCC(NC)c1ccc(C(C)CC)cc1. The van der Waals surface area contributed by atoms with E-state index in [-0.39, 0.29) is 0 Å². The van der Waals surface area contributed by atoms with Crippen molar-refractivity contribution in [1.82, 2.24) is 5.32 Å². The van der Waals surface area contributed by atoms with E-state index < -0.39 is 0 Å². The lowest BCUT2D eigenvalue weighted by atomic mass is 9.94. The molecule has 2 unspecified atom stereocenters. The van der Waals surface area contributed by atoms with Gasteiger partial charge in [0, 0.05) is 6.04 Å². The van der Waals surface area contributed by atoms with E-state index in [1.807, 2.05) is 0 Å². The number of unbranched alkanes of at least 4 members (excludes halogenated alkanes) is 4. The zero-order chi connectivity index (χ0) is 14.8. The molecule has 1 nitrogen and oxygen atoms in total. The largest absolute Gasteiger partial charge is 0.313 e. The van der Waals surface area contributed by atoms with E-state index in [0.717, 1.165) is 0 Å². The van der Waals surface area contributed by atoms with Gasteiger partial charge in [-0.3, -0.25) is 0 Å². The predicted molar refractivity (Wildman–Crippen MR) is 90.3 cm³/mol. The molecule has 0 amide bonds. The Hall–Kier alpha value is -0.820. The fraction of sp³-hybridized carbons (Fsp3) is 0.684. The van der Waals surface area contributed by atoms with Crippen LogP contribution in [0.3, 0.4) is 0 Å². The summed E-state index contributed by atoms with van der Waals surface area (Å²) in [5.74, 6) is 0.672. The molecule has 0 aliphatic heterocycles. The van der Waals surface area contributed by atoms with Crippen molar-refractivity contribution in [2.75, 3.05) is 7.05 Å². The van der Waals surface area contributed by atoms with E-state index in [2.05, 4.69) is 57.4 Å². The monoisotopic (exact) mass is 275 g/mol. The minimum Gasteiger partial charge on any atom is -0.313 e. The van der Waals surface area contributed by atoms with Crippen LogP contribution in [0.15, 0.2) is 24.3 Å². The van der Waals surface area contributed by atoms with E-state index in [1.54, 1.807) is 0 Å². The molecule has 1 aromatic rings. The summed E-state index contributed by atoms with van der Waals surface area (Å²) in [6.07, 6.45) is 9.27. The van der Waals surface area contributed by atoms with Crippen molar-refractivity contribution in [3.05, 3.63) is 35.4 Å². The average Bonchev–Trinajstić information content (AvgIpc) is 2.50. The van der Waals surface area contributed by atoms with Crippen LogP contribution in [0.2, 0.25) is 0 Å². The van der Waals surface area contributed by atoms with Crippen molar-refractivity contribution in [2.45, 2.75) is 77.7 Å². The van der Waals surface area contributed by atoms with Crippen molar-refractivity contribution in [1.29, 1.82) is 0 Å². The molecule has 1 N–H and O–H groups in total. The molecule has 0 spiro atoms. The molecule has 0 saturated heterocycles. The summed E-state index contributed by atoms with van der Waals surface area (Å²) < 4.78 is 0. The molecule has 0 aliphatic carbocycles. The summed E-state index contributed by atoms with van der Waals surface area (Å²) in [5, 5.41) is 3.47. The third kappa shape index (κ3) is 5.66. The molecule has 0 aliphatic rings. The summed E-state index contributed by atoms with van der Waals surface area (Å²) in [5.41, 5.74) is 2.91. The lowest BCUT2D eigenvalue weighted by Gasteiger charge is -2.18. The van der Waals surface area contributed by atoms with E-state index in [1.165, 1.54) is 56.1 Å². The highest BCUT2D eigenvalue weighted by Crippen LogP contribution is 2.24. The van der Waals surface area contributed by atoms with E-state index in [4.69, 9.17) is 0 Å². The Kier molecular flexibility index (Phi) is 8.60. The lowest BCUT2D eigenvalue weighted by Crippen LogP contribution is -2.16. The highest BCUT2D eigenvalue weighted by atomic mass is 14.9. The predicted octanol–water partition coefficient (Wildman–Crippen LogP) is 5.82. The Bertz CT molecular complexity index is 341. The van der Waals surface area contributed by atoms with Gasteiger partial charge in [0.25, 0.3) is 0 Å². The van der Waals surface area contributed by atoms with Gasteiger partial charge in [-0.2, -0.15) is 0 Å². The molecule has 0 radical (unpaired) electrons. The Morgan fingerprint density at radius 1 is 0.900 bits per heavy atom. The Morgan fingerprint density at radius 3 is 2.05 bits per heavy atom. The van der Waals surface area contributed by atoms with Gasteiger partial charge >= 0.3 is 0 Å². The second-order valence-corrected chi connectivity index (χ2v) is 6.02. The molecular formula is C19H33N. The van der Waals surface area contributed by atoms with E-state index in [0.29, 0.717) is 12.0 Å². The lowest BCUT2D eigenvalue weighted by molar-refractivity contribution is 0.500. The molecule has 0 heterocycles. The van der Waals surface area contributed by atoms with Crippen LogP contribution in [-0.4, -0.2) is 7.05 Å². The molecule has 20 heavy (non-hydrogen) atoms. The minimum absolute atomic E-state index is 0.516. The molecule has 0 fully saturated rings. The number of nitrogens with one attached hydrogen (secondary N) is 1. The Balaban J connectivity index is 2.48. The average molecular weight is 275 g/mol. The summed E-state index contributed by atoms with van der Waals surface area (Å²) in [7, 11) is 2.08. The van der Waals surface area contributed by atoms with Crippen molar-refractivity contribution in [3.8, 4) is 0 Å². The van der Waals surface area contributed by atoms with Crippen LogP contribution in [0.4, 0.5) is 0 Å². The normalized spacial score (nSPS) is 14.2. The fourth-order valence-electron chi connectivity index (χ4n) is 2.72. The molecular weight excluding hydrogens is 242 g/mol. The molecule has 1 heteroatoms. The van der Waals surface area contributed by atoms with Gasteiger partial charge in [-0.05, 0) is 36.9 Å². The van der Waals surface area contributed by atoms with Gasteiger partial charge in [0.05, 0.1) is 0 Å². The smallest absolute Gasteiger partial charge is 0.0317 e. The Morgan fingerprint density at radius 2 is 1.50 bits per heavy atom. The van der Waals surface area contributed by atoms with Gasteiger partial charge in [0.1, 0.15) is 0 Å². The molecule has 2 atom stereocenters. The van der Waals surface area contributed by atoms with Crippen molar-refractivity contribution in [2.24, 2.45) is 0 Å². The second kappa shape index (κ2) is 9.99. The van der Waals surface area contributed by atoms with Crippen molar-refractivity contribution in [3.63, 3.8) is 0 Å². The summed E-state index contributed by atoms with van der Waals surface area (Å²) in [6, 6.07) is 9.77.